The van der Waals surface area contributed by atoms with E-state index in [4.69, 9.17) is 0 Å². The summed E-state index contributed by atoms with van der Waals surface area (Å²) in [5.41, 5.74) is 0. The summed E-state index contributed by atoms with van der Waals surface area (Å²) >= 11 is -1.68. The summed E-state index contributed by atoms with van der Waals surface area (Å²) in [7, 11) is 0.120. The Kier molecular flexibility index (Phi) is 48.4. The van der Waals surface area contributed by atoms with E-state index in [-0.39, 0.29) is 27.7 Å². The van der Waals surface area contributed by atoms with Crippen molar-refractivity contribution in [3.8, 4) is 0 Å². The van der Waals surface area contributed by atoms with Gasteiger partial charge in [-0.1, -0.05) is 19.6 Å². The molecule has 4 radical (unpaired) electrons. The summed E-state index contributed by atoms with van der Waals surface area (Å²) in [5, 5.41) is 0. The van der Waals surface area contributed by atoms with Crippen LogP contribution in [0, 0.1) is 0 Å². The van der Waals surface area contributed by atoms with Crippen molar-refractivity contribution in [2.45, 2.75) is 165 Å². The number of hydrogen-bond donors (Lipinski definition) is 0. The third-order valence-corrected chi connectivity index (χ3v) is 23.5. The molecule has 4 heteroatoms. The smallest absolute Gasteiger partial charge is 0.0379 e. The average Bonchev–Trinajstić information content (AvgIpc) is 2.72. The van der Waals surface area contributed by atoms with Crippen LogP contribution in [0.5, 0.6) is 0 Å². The van der Waals surface area contributed by atoms with E-state index in [2.05, 4.69) is 61.2 Å². The Hall–Kier alpha value is 2.41. The Morgan fingerprint density at radius 1 is 0.387 bits per heavy atom. The fourth-order valence-corrected chi connectivity index (χ4v) is 22.2. The van der Waals surface area contributed by atoms with E-state index in [0.29, 0.717) is 0 Å². The van der Waals surface area contributed by atoms with E-state index < -0.39 is 39.5 Å². The molecule has 0 aromatic carbocycles. The van der Waals surface area contributed by atoms with Crippen LogP contribution in [0.15, 0.2) is 0 Å². The maximum atomic E-state index is 2.33. The summed E-state index contributed by atoms with van der Waals surface area (Å²) < 4.78 is 10.1. The molecular weight excluding hydrogens is 597 g/mol. The van der Waals surface area contributed by atoms with Crippen LogP contribution in [0.3, 0.4) is 0 Å². The molecule has 184 valence electrons. The van der Waals surface area contributed by atoms with Crippen LogP contribution in [0.4, 0.5) is 0 Å². The third kappa shape index (κ3) is 43.0. The first kappa shape index (κ1) is 40.6. The normalized spacial score (nSPS) is 10.5. The Bertz CT molecular complexity index is 213. The molecule has 0 saturated heterocycles. The first-order valence-corrected chi connectivity index (χ1v) is 29.0. The second-order valence-electron chi connectivity index (χ2n) is 9.62. The van der Waals surface area contributed by atoms with Gasteiger partial charge in [-0.3, -0.25) is 0 Å². The molecule has 0 amide bonds. The summed E-state index contributed by atoms with van der Waals surface area (Å²) in [5.74, 6) is 0. The topological polar surface area (TPSA) is 0 Å². The molecule has 0 atom stereocenters. The summed E-state index contributed by atoms with van der Waals surface area (Å²) in [4.78, 5) is 0. The van der Waals surface area contributed by atoms with Gasteiger partial charge in [-0.2, -0.15) is 0 Å². The minimum Gasteiger partial charge on any atom is -0.0715 e. The van der Waals surface area contributed by atoms with Crippen LogP contribution in [-0.2, 0) is 0 Å². The van der Waals surface area contributed by atoms with Crippen molar-refractivity contribution in [1.82, 2.24) is 0 Å². The second-order valence-corrected chi connectivity index (χ2v) is 29.7. The monoisotopic (exact) mass is 662 g/mol. The molecule has 0 fully saturated rings. The first-order chi connectivity index (χ1) is 14.4. The van der Waals surface area contributed by atoms with Gasteiger partial charge in [0.15, 0.2) is 0 Å². The third-order valence-electron chi connectivity index (χ3n) is 5.30. The van der Waals surface area contributed by atoms with Gasteiger partial charge in [0.05, 0.1) is 0 Å². The molecule has 0 bridgehead atoms. The van der Waals surface area contributed by atoms with Gasteiger partial charge in [-0.05, 0) is 0 Å². The molecular formula is C27H63LiSiSn2. The Balaban J connectivity index is -0.000000195. The zero-order valence-corrected chi connectivity index (χ0v) is 30.9. The largest absolute Gasteiger partial charge is 0.0715 e. The molecule has 0 spiro atoms. The van der Waals surface area contributed by atoms with Crippen LogP contribution >= 0.6 is 0 Å². The Morgan fingerprint density at radius 2 is 0.516 bits per heavy atom. The van der Waals surface area contributed by atoms with Crippen LogP contribution in [0.1, 0.15) is 119 Å². The molecule has 31 heavy (non-hydrogen) atoms. The van der Waals surface area contributed by atoms with Crippen molar-refractivity contribution in [3.63, 3.8) is 0 Å². The molecule has 0 unspecified atom stereocenters. The van der Waals surface area contributed by atoms with Crippen molar-refractivity contribution in [2.75, 3.05) is 0 Å². The van der Waals surface area contributed by atoms with Gasteiger partial charge < -0.3 is 0 Å². The van der Waals surface area contributed by atoms with E-state index >= 15 is 0 Å². The fourth-order valence-electron chi connectivity index (χ4n) is 3.31. The Labute approximate surface area is 229 Å². The molecule has 0 nitrogen and oxygen atoms in total. The first-order valence-electron chi connectivity index (χ1n) is 13.9. The predicted octanol–water partition coefficient (Wildman–Crippen LogP) is 10.8. The number of hydrogen-bond acceptors (Lipinski definition) is 0. The van der Waals surface area contributed by atoms with E-state index in [1.807, 2.05) is 0 Å². The van der Waals surface area contributed by atoms with Crippen LogP contribution < -0.4 is 0 Å². The molecule has 0 aromatic heterocycles. The summed E-state index contributed by atoms with van der Waals surface area (Å²) in [6, 6.07) is 0. The molecule has 0 saturated carbocycles. The summed E-state index contributed by atoms with van der Waals surface area (Å²) in [6.45, 7) is 20.8. The van der Waals surface area contributed by atoms with Crippen molar-refractivity contribution in [1.29, 1.82) is 0 Å². The van der Waals surface area contributed by atoms with E-state index in [1.54, 1.807) is 26.6 Å². The van der Waals surface area contributed by atoms with Gasteiger partial charge in [-0.25, -0.2) is 0 Å². The van der Waals surface area contributed by atoms with E-state index in [1.165, 1.54) is 77.0 Å². The van der Waals surface area contributed by atoms with Crippen molar-refractivity contribution in [2.24, 2.45) is 0 Å². The number of rotatable bonds is 18. The molecule has 0 aliphatic rings. The maximum absolute atomic E-state index is 2.33. The SMILES string of the molecule is CCC[CH2][Sn]([CH2]CCC)[CH2]CCC.CCC[CH2][Sn]([CH2]CCC)[CH2]CCC.C[Si](C)C.[Li]. The van der Waals surface area contributed by atoms with Crippen LogP contribution in [0.2, 0.25) is 46.3 Å². The van der Waals surface area contributed by atoms with Gasteiger partial charge in [0.1, 0.15) is 0 Å². The van der Waals surface area contributed by atoms with Crippen LogP contribution in [-0.4, -0.2) is 67.2 Å². The zero-order chi connectivity index (χ0) is 23.5. The predicted molar refractivity (Wildman–Crippen MR) is 159 cm³/mol. The average molecular weight is 660 g/mol. The van der Waals surface area contributed by atoms with E-state index in [0.717, 1.165) is 0 Å². The summed E-state index contributed by atoms with van der Waals surface area (Å²) in [6.07, 6.45) is 17.7. The van der Waals surface area contributed by atoms with Gasteiger partial charge in [0.2, 0.25) is 0 Å². The molecule has 0 aliphatic carbocycles. The number of unbranched alkanes of at least 4 members (excludes halogenated alkanes) is 6. The van der Waals surface area contributed by atoms with Gasteiger partial charge in [0.25, 0.3) is 0 Å². The molecule has 0 heterocycles. The standard InChI is InChI=1S/6C4H9.C3H9Si.Li.2Sn/c6*1-3-4-2;1-4(2)3;;;/h6*1,3-4H2,2H3;1-3H3;;;. The van der Waals surface area contributed by atoms with Gasteiger partial charge in [-0.15, -0.1) is 0 Å². The van der Waals surface area contributed by atoms with Crippen LogP contribution in [0.25, 0.3) is 0 Å². The minimum atomic E-state index is -0.839. The van der Waals surface area contributed by atoms with Gasteiger partial charge in [0, 0.05) is 27.7 Å². The van der Waals surface area contributed by atoms with E-state index in [9.17, 15) is 0 Å². The Morgan fingerprint density at radius 3 is 0.613 bits per heavy atom. The maximum Gasteiger partial charge on any atom is 0.0379 e. The zero-order valence-electron chi connectivity index (χ0n) is 24.2. The van der Waals surface area contributed by atoms with Crippen molar-refractivity contribution >= 4 is 67.2 Å². The molecule has 0 N–H and O–H groups in total. The molecule has 0 aliphatic heterocycles. The molecule has 0 rings (SSSR count). The second kappa shape index (κ2) is 37.0. The fraction of sp³-hybridized carbons (Fsp3) is 1.00. The minimum absolute atomic E-state index is 0. The molecule has 0 aromatic rings. The van der Waals surface area contributed by atoms with Gasteiger partial charge >= 0.3 is 185 Å². The van der Waals surface area contributed by atoms with Crippen molar-refractivity contribution in [3.05, 3.63) is 0 Å². The van der Waals surface area contributed by atoms with Crippen molar-refractivity contribution < 1.29 is 0 Å². The quantitative estimate of drug-likeness (QED) is 0.128.